The Balaban J connectivity index is 2.11. The predicted molar refractivity (Wildman–Crippen MR) is 85.1 cm³/mol. The zero-order chi connectivity index (χ0) is 15.5. The van der Waals surface area contributed by atoms with E-state index in [-0.39, 0.29) is 11.4 Å². The fraction of sp³-hybridized carbons (Fsp3) is 0.800. The zero-order valence-electron chi connectivity index (χ0n) is 13.4. The molecule has 0 aromatic carbocycles. The summed E-state index contributed by atoms with van der Waals surface area (Å²) in [7, 11) is 0. The fourth-order valence-electron chi connectivity index (χ4n) is 2.87. The van der Waals surface area contributed by atoms with Crippen molar-refractivity contribution in [1.29, 1.82) is 0 Å². The van der Waals surface area contributed by atoms with Crippen LogP contribution in [0.25, 0.3) is 0 Å². The van der Waals surface area contributed by atoms with E-state index in [2.05, 4.69) is 33.7 Å². The smallest absolute Gasteiger partial charge is 0.322 e. The van der Waals surface area contributed by atoms with Crippen LogP contribution >= 0.6 is 11.6 Å². The molecule has 6 heteroatoms. The van der Waals surface area contributed by atoms with Gasteiger partial charge in [0.15, 0.2) is 0 Å². The van der Waals surface area contributed by atoms with E-state index in [1.807, 2.05) is 13.8 Å². The Morgan fingerprint density at radius 1 is 1.14 bits per heavy atom. The van der Waals surface area contributed by atoms with Gasteiger partial charge in [-0.05, 0) is 43.7 Å². The lowest BCUT2D eigenvalue weighted by Crippen LogP contribution is -2.40. The van der Waals surface area contributed by atoms with Crippen LogP contribution in [0, 0.1) is 5.41 Å². The second-order valence-corrected chi connectivity index (χ2v) is 6.39. The van der Waals surface area contributed by atoms with Crippen LogP contribution in [0.5, 0.6) is 6.01 Å². The highest BCUT2D eigenvalue weighted by Gasteiger charge is 2.32. The van der Waals surface area contributed by atoms with Crippen LogP contribution in [0.2, 0.25) is 5.28 Å². The summed E-state index contributed by atoms with van der Waals surface area (Å²) in [4.78, 5) is 14.9. The molecular weight excluding hydrogens is 288 g/mol. The first-order chi connectivity index (χ1) is 9.98. The van der Waals surface area contributed by atoms with E-state index in [9.17, 15) is 0 Å². The number of hydrogen-bond donors (Lipinski definition) is 0. The third kappa shape index (κ3) is 3.96. The molecule has 0 bridgehead atoms. The maximum Gasteiger partial charge on any atom is 0.322 e. The number of halogens is 1. The molecule has 1 aliphatic heterocycles. The van der Waals surface area contributed by atoms with E-state index >= 15 is 0 Å². The second-order valence-electron chi connectivity index (χ2n) is 6.05. The maximum atomic E-state index is 5.99. The summed E-state index contributed by atoms with van der Waals surface area (Å²) >= 11 is 5.99. The Kier molecular flexibility index (Phi) is 5.25. The van der Waals surface area contributed by atoms with Crippen molar-refractivity contribution in [3.63, 3.8) is 0 Å². The Morgan fingerprint density at radius 2 is 1.76 bits per heavy atom. The summed E-state index contributed by atoms with van der Waals surface area (Å²) in [5.74, 6) is 0.631. The molecule has 0 saturated carbocycles. The summed E-state index contributed by atoms with van der Waals surface area (Å²) in [6, 6.07) is 0.308. The third-order valence-corrected chi connectivity index (χ3v) is 4.69. The molecule has 2 rings (SSSR count). The standard InChI is InChI=1S/C15H25ClN4O/c1-5-15(6-2)7-9-20(10-8-15)13-17-12(16)18-14(19-13)21-11(3)4/h11H,5-10H2,1-4H3. The lowest BCUT2D eigenvalue weighted by atomic mass is 9.74. The van der Waals surface area contributed by atoms with Crippen LogP contribution in [0.15, 0.2) is 0 Å². The van der Waals surface area contributed by atoms with Crippen LogP contribution in [0.4, 0.5) is 5.95 Å². The Hall–Kier alpha value is -1.10. The Morgan fingerprint density at radius 3 is 2.29 bits per heavy atom. The van der Waals surface area contributed by atoms with Crippen LogP contribution in [-0.4, -0.2) is 34.1 Å². The largest absolute Gasteiger partial charge is 0.461 e. The molecule has 0 radical (unpaired) electrons. The molecule has 1 aromatic heterocycles. The minimum Gasteiger partial charge on any atom is -0.461 e. The molecule has 1 fully saturated rings. The Bertz CT molecular complexity index is 467. The molecule has 0 spiro atoms. The molecular formula is C15H25ClN4O. The van der Waals surface area contributed by atoms with E-state index < -0.39 is 0 Å². The molecule has 0 N–H and O–H groups in total. The van der Waals surface area contributed by atoms with Gasteiger partial charge in [-0.15, -0.1) is 0 Å². The normalized spacial score (nSPS) is 18.1. The number of hydrogen-bond acceptors (Lipinski definition) is 5. The number of anilines is 1. The predicted octanol–water partition coefficient (Wildman–Crippen LogP) is 3.72. The first-order valence-electron chi connectivity index (χ1n) is 7.81. The minimum atomic E-state index is 0.0190. The lowest BCUT2D eigenvalue weighted by molar-refractivity contribution is 0.197. The van der Waals surface area contributed by atoms with Crippen molar-refractivity contribution < 1.29 is 4.74 Å². The molecule has 0 unspecified atom stereocenters. The average Bonchev–Trinajstić information content (AvgIpc) is 2.46. The highest BCUT2D eigenvalue weighted by atomic mass is 35.5. The molecule has 1 aromatic rings. The molecule has 0 atom stereocenters. The van der Waals surface area contributed by atoms with E-state index in [1.165, 1.54) is 25.7 Å². The maximum absolute atomic E-state index is 5.99. The van der Waals surface area contributed by atoms with E-state index in [4.69, 9.17) is 16.3 Å². The quantitative estimate of drug-likeness (QED) is 0.829. The number of aromatic nitrogens is 3. The molecule has 0 amide bonds. The monoisotopic (exact) mass is 312 g/mol. The summed E-state index contributed by atoms with van der Waals surface area (Å²) in [6.07, 6.45) is 4.83. The molecule has 118 valence electrons. The average molecular weight is 313 g/mol. The SMILES string of the molecule is CCC1(CC)CCN(c2nc(Cl)nc(OC(C)C)n2)CC1. The van der Waals surface area contributed by atoms with Gasteiger partial charge in [-0.2, -0.15) is 15.0 Å². The molecule has 0 aliphatic carbocycles. The van der Waals surface area contributed by atoms with Gasteiger partial charge in [0.2, 0.25) is 11.2 Å². The van der Waals surface area contributed by atoms with Crippen molar-refractivity contribution in [1.82, 2.24) is 15.0 Å². The van der Waals surface area contributed by atoms with Gasteiger partial charge < -0.3 is 9.64 Å². The van der Waals surface area contributed by atoms with Crippen molar-refractivity contribution in [2.75, 3.05) is 18.0 Å². The van der Waals surface area contributed by atoms with Crippen LogP contribution in [0.1, 0.15) is 53.4 Å². The minimum absolute atomic E-state index is 0.0190. The number of piperidine rings is 1. The van der Waals surface area contributed by atoms with Crippen LogP contribution < -0.4 is 9.64 Å². The first kappa shape index (κ1) is 16.3. The molecule has 2 heterocycles. The summed E-state index contributed by atoms with van der Waals surface area (Å²) in [5.41, 5.74) is 0.477. The summed E-state index contributed by atoms with van der Waals surface area (Å²) in [6.45, 7) is 10.4. The summed E-state index contributed by atoms with van der Waals surface area (Å²) in [5, 5.41) is 0.193. The molecule has 5 nitrogen and oxygen atoms in total. The highest BCUT2D eigenvalue weighted by Crippen LogP contribution is 2.38. The number of ether oxygens (including phenoxy) is 1. The number of nitrogens with zero attached hydrogens (tertiary/aromatic N) is 4. The van der Waals surface area contributed by atoms with Crippen molar-refractivity contribution in [3.05, 3.63) is 5.28 Å². The van der Waals surface area contributed by atoms with Gasteiger partial charge in [0, 0.05) is 13.1 Å². The fourth-order valence-corrected chi connectivity index (χ4v) is 3.01. The van der Waals surface area contributed by atoms with Gasteiger partial charge >= 0.3 is 6.01 Å². The van der Waals surface area contributed by atoms with Gasteiger partial charge in [0.05, 0.1) is 6.10 Å². The molecule has 1 saturated heterocycles. The van der Waals surface area contributed by atoms with E-state index in [1.54, 1.807) is 0 Å². The van der Waals surface area contributed by atoms with Crippen LogP contribution in [-0.2, 0) is 0 Å². The van der Waals surface area contributed by atoms with E-state index in [0.29, 0.717) is 17.4 Å². The van der Waals surface area contributed by atoms with Gasteiger partial charge in [-0.1, -0.05) is 26.7 Å². The van der Waals surface area contributed by atoms with Crippen molar-refractivity contribution in [2.45, 2.75) is 59.5 Å². The lowest BCUT2D eigenvalue weighted by Gasteiger charge is -2.40. The Labute approximate surface area is 132 Å². The van der Waals surface area contributed by atoms with Crippen molar-refractivity contribution >= 4 is 17.5 Å². The van der Waals surface area contributed by atoms with Gasteiger partial charge in [-0.3, -0.25) is 0 Å². The van der Waals surface area contributed by atoms with Gasteiger partial charge in [-0.25, -0.2) is 0 Å². The van der Waals surface area contributed by atoms with Crippen LogP contribution in [0.3, 0.4) is 0 Å². The second kappa shape index (κ2) is 6.77. The third-order valence-electron chi connectivity index (χ3n) is 4.52. The zero-order valence-corrected chi connectivity index (χ0v) is 14.2. The van der Waals surface area contributed by atoms with Crippen molar-refractivity contribution in [2.24, 2.45) is 5.41 Å². The first-order valence-corrected chi connectivity index (χ1v) is 8.19. The van der Waals surface area contributed by atoms with Crippen molar-refractivity contribution in [3.8, 4) is 6.01 Å². The number of rotatable bonds is 5. The summed E-state index contributed by atoms with van der Waals surface area (Å²) < 4.78 is 5.54. The topological polar surface area (TPSA) is 51.1 Å². The molecule has 1 aliphatic rings. The van der Waals surface area contributed by atoms with Gasteiger partial charge in [0.1, 0.15) is 0 Å². The molecule has 21 heavy (non-hydrogen) atoms. The van der Waals surface area contributed by atoms with Gasteiger partial charge in [0.25, 0.3) is 0 Å². The highest BCUT2D eigenvalue weighted by molar-refractivity contribution is 6.28. The van der Waals surface area contributed by atoms with E-state index in [0.717, 1.165) is 13.1 Å².